The van der Waals surface area contributed by atoms with Crippen LogP contribution in [-0.2, 0) is 9.59 Å². The summed E-state index contributed by atoms with van der Waals surface area (Å²) in [5.41, 5.74) is 2.90. The molecule has 2 aromatic rings. The molecule has 0 unspecified atom stereocenters. The summed E-state index contributed by atoms with van der Waals surface area (Å²) in [7, 11) is 1.65. The zero-order valence-corrected chi connectivity index (χ0v) is 17.9. The van der Waals surface area contributed by atoms with Gasteiger partial charge in [0.25, 0.3) is 0 Å². The van der Waals surface area contributed by atoms with Gasteiger partial charge in [0.1, 0.15) is 5.75 Å². The van der Waals surface area contributed by atoms with Gasteiger partial charge in [-0.2, -0.15) is 0 Å². The maximum absolute atomic E-state index is 12.3. The molecule has 1 saturated heterocycles. The molecule has 1 heterocycles. The molecule has 1 aliphatic rings. The summed E-state index contributed by atoms with van der Waals surface area (Å²) in [6.07, 6.45) is 2.35. The Hall–Kier alpha value is -2.86. The molecule has 6 heteroatoms. The molecule has 160 valence electrons. The fourth-order valence-electron chi connectivity index (χ4n) is 3.71. The number of amides is 2. The number of anilines is 1. The third-order valence-corrected chi connectivity index (χ3v) is 5.50. The van der Waals surface area contributed by atoms with Gasteiger partial charge in [-0.1, -0.05) is 24.3 Å². The van der Waals surface area contributed by atoms with E-state index in [1.807, 2.05) is 53.4 Å². The van der Waals surface area contributed by atoms with E-state index in [4.69, 9.17) is 4.74 Å². The highest BCUT2D eigenvalue weighted by Gasteiger charge is 2.17. The molecule has 0 aliphatic carbocycles. The minimum atomic E-state index is 0.0409. The Kier molecular flexibility index (Phi) is 7.85. The number of benzene rings is 2. The van der Waals surface area contributed by atoms with Crippen LogP contribution >= 0.6 is 0 Å². The van der Waals surface area contributed by atoms with Crippen LogP contribution in [-0.4, -0.2) is 61.4 Å². The van der Waals surface area contributed by atoms with Gasteiger partial charge >= 0.3 is 0 Å². The van der Waals surface area contributed by atoms with E-state index in [9.17, 15) is 9.59 Å². The number of methoxy groups -OCH3 is 1. The first kappa shape index (κ1) is 21.8. The van der Waals surface area contributed by atoms with Gasteiger partial charge in [0.05, 0.1) is 7.11 Å². The molecular weight excluding hydrogens is 378 g/mol. The highest BCUT2D eigenvalue weighted by Crippen LogP contribution is 2.26. The molecule has 6 nitrogen and oxygen atoms in total. The molecule has 1 fully saturated rings. The standard InChI is InChI=1S/C24H31N3O3/c1-19(28)27-15-13-26(14-16-27)12-4-3-11-24(29)25-22-9-5-7-20(17-22)21-8-6-10-23(18-21)30-2/h5-10,17-18H,3-4,11-16H2,1-2H3,(H,25,29). The maximum atomic E-state index is 12.3. The molecule has 2 amide bonds. The number of piperazine rings is 1. The van der Waals surface area contributed by atoms with E-state index in [0.29, 0.717) is 6.42 Å². The van der Waals surface area contributed by atoms with Gasteiger partial charge in [0.15, 0.2) is 0 Å². The molecule has 0 spiro atoms. The van der Waals surface area contributed by atoms with Crippen molar-refractivity contribution < 1.29 is 14.3 Å². The van der Waals surface area contributed by atoms with E-state index in [-0.39, 0.29) is 11.8 Å². The molecular formula is C24H31N3O3. The third-order valence-electron chi connectivity index (χ3n) is 5.50. The van der Waals surface area contributed by atoms with Crippen molar-refractivity contribution in [3.63, 3.8) is 0 Å². The van der Waals surface area contributed by atoms with E-state index >= 15 is 0 Å². The van der Waals surface area contributed by atoms with E-state index in [1.54, 1.807) is 14.0 Å². The van der Waals surface area contributed by atoms with Crippen LogP contribution < -0.4 is 10.1 Å². The monoisotopic (exact) mass is 409 g/mol. The lowest BCUT2D eigenvalue weighted by atomic mass is 10.0. The number of hydrogen-bond donors (Lipinski definition) is 1. The van der Waals surface area contributed by atoms with Gasteiger partial charge in [-0.3, -0.25) is 14.5 Å². The molecule has 0 saturated carbocycles. The Bertz CT molecular complexity index is 860. The molecule has 0 bridgehead atoms. The molecule has 1 N–H and O–H groups in total. The van der Waals surface area contributed by atoms with Crippen LogP contribution in [0.25, 0.3) is 11.1 Å². The number of nitrogens with zero attached hydrogens (tertiary/aromatic N) is 2. The summed E-state index contributed by atoms with van der Waals surface area (Å²) >= 11 is 0. The molecule has 0 radical (unpaired) electrons. The third kappa shape index (κ3) is 6.32. The van der Waals surface area contributed by atoms with Crippen LogP contribution in [0.5, 0.6) is 5.75 Å². The number of carbonyl (C=O) groups excluding carboxylic acids is 2. The van der Waals surface area contributed by atoms with Crippen molar-refractivity contribution in [2.24, 2.45) is 0 Å². The highest BCUT2D eigenvalue weighted by atomic mass is 16.5. The van der Waals surface area contributed by atoms with E-state index < -0.39 is 0 Å². The van der Waals surface area contributed by atoms with Gasteiger partial charge in [0.2, 0.25) is 11.8 Å². The Labute approximate surface area is 178 Å². The topological polar surface area (TPSA) is 61.9 Å². The van der Waals surface area contributed by atoms with Crippen LogP contribution in [0.1, 0.15) is 26.2 Å². The van der Waals surface area contributed by atoms with Crippen molar-refractivity contribution in [3.8, 4) is 16.9 Å². The van der Waals surface area contributed by atoms with Crippen LogP contribution in [0, 0.1) is 0 Å². The largest absolute Gasteiger partial charge is 0.497 e. The fourth-order valence-corrected chi connectivity index (χ4v) is 3.71. The normalized spacial score (nSPS) is 14.4. The van der Waals surface area contributed by atoms with Gasteiger partial charge in [0, 0.05) is 45.2 Å². The smallest absolute Gasteiger partial charge is 0.224 e. The average Bonchev–Trinajstić information content (AvgIpc) is 2.77. The number of rotatable bonds is 8. The van der Waals surface area contributed by atoms with Crippen molar-refractivity contribution in [3.05, 3.63) is 48.5 Å². The van der Waals surface area contributed by atoms with Gasteiger partial charge < -0.3 is 15.0 Å². The second-order valence-electron chi connectivity index (χ2n) is 7.67. The highest BCUT2D eigenvalue weighted by molar-refractivity contribution is 5.91. The van der Waals surface area contributed by atoms with Crippen molar-refractivity contribution in [1.82, 2.24) is 9.80 Å². The Morgan fingerprint density at radius 3 is 2.37 bits per heavy atom. The first-order valence-electron chi connectivity index (χ1n) is 10.6. The van der Waals surface area contributed by atoms with E-state index in [0.717, 1.165) is 68.1 Å². The Balaban J connectivity index is 1.41. The lowest BCUT2D eigenvalue weighted by molar-refractivity contribution is -0.130. The van der Waals surface area contributed by atoms with Crippen LogP contribution in [0.4, 0.5) is 5.69 Å². The quantitative estimate of drug-likeness (QED) is 0.677. The van der Waals surface area contributed by atoms with E-state index in [2.05, 4.69) is 10.2 Å². The van der Waals surface area contributed by atoms with Crippen LogP contribution in [0.3, 0.4) is 0 Å². The van der Waals surface area contributed by atoms with Crippen molar-refractivity contribution in [1.29, 1.82) is 0 Å². The number of ether oxygens (including phenoxy) is 1. The van der Waals surface area contributed by atoms with E-state index in [1.165, 1.54) is 0 Å². The first-order valence-corrected chi connectivity index (χ1v) is 10.6. The first-order chi connectivity index (χ1) is 14.5. The molecule has 0 aromatic heterocycles. The van der Waals surface area contributed by atoms with Crippen molar-refractivity contribution in [2.75, 3.05) is 45.2 Å². The Morgan fingerprint density at radius 2 is 1.67 bits per heavy atom. The number of hydrogen-bond acceptors (Lipinski definition) is 4. The summed E-state index contributed by atoms with van der Waals surface area (Å²) in [6.45, 7) is 6.05. The minimum absolute atomic E-state index is 0.0409. The van der Waals surface area contributed by atoms with Crippen LogP contribution in [0.15, 0.2) is 48.5 Å². The lowest BCUT2D eigenvalue weighted by Gasteiger charge is -2.34. The summed E-state index contributed by atoms with van der Waals surface area (Å²) in [5.74, 6) is 1.01. The summed E-state index contributed by atoms with van der Waals surface area (Å²) in [5, 5.41) is 3.01. The second kappa shape index (κ2) is 10.8. The zero-order valence-electron chi connectivity index (χ0n) is 17.9. The minimum Gasteiger partial charge on any atom is -0.497 e. The van der Waals surface area contributed by atoms with Crippen LogP contribution in [0.2, 0.25) is 0 Å². The Morgan fingerprint density at radius 1 is 0.967 bits per heavy atom. The molecule has 30 heavy (non-hydrogen) atoms. The predicted molar refractivity (Wildman–Crippen MR) is 120 cm³/mol. The second-order valence-corrected chi connectivity index (χ2v) is 7.67. The molecule has 0 atom stereocenters. The van der Waals surface area contributed by atoms with Gasteiger partial charge in [-0.05, 0) is 54.8 Å². The SMILES string of the molecule is COc1cccc(-c2cccc(NC(=O)CCCCN3CCN(C(C)=O)CC3)c2)c1. The number of carbonyl (C=O) groups is 2. The zero-order chi connectivity index (χ0) is 21.3. The molecule has 2 aromatic carbocycles. The van der Waals surface area contributed by atoms with Gasteiger partial charge in [-0.15, -0.1) is 0 Å². The molecule has 3 rings (SSSR count). The van der Waals surface area contributed by atoms with Crippen molar-refractivity contribution in [2.45, 2.75) is 26.2 Å². The van der Waals surface area contributed by atoms with Gasteiger partial charge in [-0.25, -0.2) is 0 Å². The number of nitrogens with one attached hydrogen (secondary N) is 1. The average molecular weight is 410 g/mol. The predicted octanol–water partition coefficient (Wildman–Crippen LogP) is 3.64. The summed E-state index contributed by atoms with van der Waals surface area (Å²) in [4.78, 5) is 28.0. The van der Waals surface area contributed by atoms with Crippen molar-refractivity contribution >= 4 is 17.5 Å². The number of unbranched alkanes of at least 4 members (excludes halogenated alkanes) is 1. The molecule has 1 aliphatic heterocycles. The fraction of sp³-hybridized carbons (Fsp3) is 0.417. The maximum Gasteiger partial charge on any atom is 0.224 e. The summed E-state index contributed by atoms with van der Waals surface area (Å²) in [6, 6.07) is 15.8. The lowest BCUT2D eigenvalue weighted by Crippen LogP contribution is -2.48. The summed E-state index contributed by atoms with van der Waals surface area (Å²) < 4.78 is 5.30.